The van der Waals surface area contributed by atoms with Crippen LogP contribution in [-0.2, 0) is 33.5 Å². The molecule has 0 bridgehead atoms. The standard InChI is InChI=1S/C22H27N3O3S/c26-22(17-23-11-10-20-8-4-5-9-21(20)16-23)24-12-14-25(15-13-24)29(27,28)18-19-6-2-1-3-7-19/h1-9H,10-18H2. The van der Waals surface area contributed by atoms with E-state index in [1.165, 1.54) is 15.4 Å². The van der Waals surface area contributed by atoms with Gasteiger partial charge in [-0.25, -0.2) is 8.42 Å². The van der Waals surface area contributed by atoms with Crippen molar-refractivity contribution in [2.45, 2.75) is 18.7 Å². The van der Waals surface area contributed by atoms with Gasteiger partial charge in [-0.15, -0.1) is 0 Å². The molecule has 1 saturated heterocycles. The average Bonchev–Trinajstić information content (AvgIpc) is 2.74. The predicted molar refractivity (Wildman–Crippen MR) is 113 cm³/mol. The van der Waals surface area contributed by atoms with Gasteiger partial charge in [0.15, 0.2) is 0 Å². The normalized spacial score (nSPS) is 18.4. The second-order valence-corrected chi connectivity index (χ2v) is 9.72. The highest BCUT2D eigenvalue weighted by Gasteiger charge is 2.29. The zero-order valence-electron chi connectivity index (χ0n) is 16.5. The van der Waals surface area contributed by atoms with Gasteiger partial charge in [-0.05, 0) is 23.1 Å². The summed E-state index contributed by atoms with van der Waals surface area (Å²) in [6.45, 7) is 3.72. The third-order valence-electron chi connectivity index (χ3n) is 5.75. The fraction of sp³-hybridized carbons (Fsp3) is 0.409. The Morgan fingerprint density at radius 3 is 2.21 bits per heavy atom. The van der Waals surface area contributed by atoms with Crippen molar-refractivity contribution in [3.63, 3.8) is 0 Å². The van der Waals surface area contributed by atoms with Crippen LogP contribution in [0.3, 0.4) is 0 Å². The lowest BCUT2D eigenvalue weighted by atomic mass is 10.00. The number of sulfonamides is 1. The summed E-state index contributed by atoms with van der Waals surface area (Å²) in [5.41, 5.74) is 3.45. The predicted octanol–water partition coefficient (Wildman–Crippen LogP) is 1.72. The molecule has 0 aliphatic carbocycles. The Hall–Kier alpha value is -2.22. The first-order chi connectivity index (χ1) is 14.0. The summed E-state index contributed by atoms with van der Waals surface area (Å²) < 4.78 is 26.9. The van der Waals surface area contributed by atoms with E-state index >= 15 is 0 Å². The van der Waals surface area contributed by atoms with Crippen LogP contribution >= 0.6 is 0 Å². The van der Waals surface area contributed by atoms with Gasteiger partial charge >= 0.3 is 0 Å². The van der Waals surface area contributed by atoms with Crippen LogP contribution in [0.4, 0.5) is 0 Å². The van der Waals surface area contributed by atoms with Crippen molar-refractivity contribution in [3.8, 4) is 0 Å². The molecule has 0 radical (unpaired) electrons. The second kappa shape index (κ2) is 8.65. The van der Waals surface area contributed by atoms with Crippen molar-refractivity contribution < 1.29 is 13.2 Å². The van der Waals surface area contributed by atoms with Gasteiger partial charge in [-0.1, -0.05) is 54.6 Å². The summed E-state index contributed by atoms with van der Waals surface area (Å²) >= 11 is 0. The van der Waals surface area contributed by atoms with E-state index in [0.717, 1.165) is 25.1 Å². The Kier molecular flexibility index (Phi) is 5.99. The van der Waals surface area contributed by atoms with Gasteiger partial charge in [-0.2, -0.15) is 4.31 Å². The first-order valence-electron chi connectivity index (χ1n) is 10.1. The number of fused-ring (bicyclic) bond motifs is 1. The van der Waals surface area contributed by atoms with Crippen molar-refractivity contribution in [1.29, 1.82) is 0 Å². The van der Waals surface area contributed by atoms with Crippen LogP contribution in [0.2, 0.25) is 0 Å². The fourth-order valence-corrected chi connectivity index (χ4v) is 5.59. The van der Waals surface area contributed by atoms with E-state index < -0.39 is 10.0 Å². The van der Waals surface area contributed by atoms with Gasteiger partial charge in [0.1, 0.15) is 0 Å². The average molecular weight is 414 g/mol. The largest absolute Gasteiger partial charge is 0.339 e. The van der Waals surface area contributed by atoms with Gasteiger partial charge in [0.25, 0.3) is 0 Å². The van der Waals surface area contributed by atoms with Gasteiger partial charge in [0.2, 0.25) is 15.9 Å². The second-order valence-electron chi connectivity index (χ2n) is 7.75. The molecular formula is C22H27N3O3S. The maximum absolute atomic E-state index is 12.7. The summed E-state index contributed by atoms with van der Waals surface area (Å²) in [6.07, 6.45) is 0.967. The molecule has 2 aliphatic heterocycles. The number of rotatable bonds is 5. The van der Waals surface area contributed by atoms with Gasteiger partial charge in [-0.3, -0.25) is 9.69 Å². The lowest BCUT2D eigenvalue weighted by molar-refractivity contribution is -0.133. The Bertz CT molecular complexity index is 954. The fourth-order valence-electron chi connectivity index (χ4n) is 4.07. The molecule has 154 valence electrons. The molecule has 2 aliphatic rings. The highest BCUT2D eigenvalue weighted by molar-refractivity contribution is 7.88. The summed E-state index contributed by atoms with van der Waals surface area (Å²) in [5, 5.41) is 0. The number of carbonyl (C=O) groups is 1. The van der Waals surface area contributed by atoms with Crippen molar-refractivity contribution in [1.82, 2.24) is 14.1 Å². The summed E-state index contributed by atoms with van der Waals surface area (Å²) in [7, 11) is -3.36. The van der Waals surface area contributed by atoms with E-state index in [4.69, 9.17) is 0 Å². The molecule has 2 aromatic rings. The number of amides is 1. The van der Waals surface area contributed by atoms with E-state index in [1.807, 2.05) is 36.4 Å². The number of benzene rings is 2. The number of carbonyl (C=O) groups excluding carboxylic acids is 1. The van der Waals surface area contributed by atoms with Crippen molar-refractivity contribution in [2.75, 3.05) is 39.3 Å². The van der Waals surface area contributed by atoms with Crippen LogP contribution in [-0.4, -0.2) is 67.7 Å². The Morgan fingerprint density at radius 2 is 1.48 bits per heavy atom. The molecular weight excluding hydrogens is 386 g/mol. The molecule has 7 heteroatoms. The number of nitrogens with zero attached hydrogens (tertiary/aromatic N) is 3. The number of hydrogen-bond donors (Lipinski definition) is 0. The first kappa shape index (κ1) is 20.1. The van der Waals surface area contributed by atoms with Crippen LogP contribution in [0.5, 0.6) is 0 Å². The van der Waals surface area contributed by atoms with Crippen LogP contribution in [0.1, 0.15) is 16.7 Å². The smallest absolute Gasteiger partial charge is 0.236 e. The molecule has 0 aromatic heterocycles. The summed E-state index contributed by atoms with van der Waals surface area (Å²) in [6, 6.07) is 17.6. The van der Waals surface area contributed by atoms with Crippen molar-refractivity contribution >= 4 is 15.9 Å². The van der Waals surface area contributed by atoms with E-state index in [0.29, 0.717) is 32.7 Å². The third kappa shape index (κ3) is 4.86. The molecule has 1 fully saturated rings. The first-order valence-corrected chi connectivity index (χ1v) is 11.7. The molecule has 1 amide bonds. The summed E-state index contributed by atoms with van der Waals surface area (Å²) in [4.78, 5) is 16.7. The molecule has 2 aromatic carbocycles. The highest BCUT2D eigenvalue weighted by Crippen LogP contribution is 2.19. The quantitative estimate of drug-likeness (QED) is 0.749. The Morgan fingerprint density at radius 1 is 0.828 bits per heavy atom. The molecule has 6 nitrogen and oxygen atoms in total. The Balaban J connectivity index is 1.29. The minimum atomic E-state index is -3.36. The maximum atomic E-state index is 12.7. The van der Waals surface area contributed by atoms with Crippen LogP contribution in [0.25, 0.3) is 0 Å². The third-order valence-corrected chi connectivity index (χ3v) is 7.60. The van der Waals surface area contributed by atoms with Gasteiger partial charge in [0.05, 0.1) is 12.3 Å². The topological polar surface area (TPSA) is 60.9 Å². The lowest BCUT2D eigenvalue weighted by Gasteiger charge is -2.36. The summed E-state index contributed by atoms with van der Waals surface area (Å²) in [5.74, 6) is 0.0964. The van der Waals surface area contributed by atoms with Crippen molar-refractivity contribution in [2.24, 2.45) is 0 Å². The lowest BCUT2D eigenvalue weighted by Crippen LogP contribution is -2.53. The molecule has 0 atom stereocenters. The monoisotopic (exact) mass is 413 g/mol. The highest BCUT2D eigenvalue weighted by atomic mass is 32.2. The molecule has 0 N–H and O–H groups in total. The van der Waals surface area contributed by atoms with Crippen LogP contribution in [0.15, 0.2) is 54.6 Å². The Labute approximate surface area is 172 Å². The van der Waals surface area contributed by atoms with Crippen LogP contribution < -0.4 is 0 Å². The minimum Gasteiger partial charge on any atom is -0.339 e. The van der Waals surface area contributed by atoms with Gasteiger partial charge in [0, 0.05) is 39.3 Å². The molecule has 2 heterocycles. The molecule has 29 heavy (non-hydrogen) atoms. The van der Waals surface area contributed by atoms with E-state index in [9.17, 15) is 13.2 Å². The molecule has 0 spiro atoms. The number of hydrogen-bond acceptors (Lipinski definition) is 4. The van der Waals surface area contributed by atoms with E-state index in [1.54, 1.807) is 4.90 Å². The SMILES string of the molecule is O=C(CN1CCc2ccccc2C1)N1CCN(S(=O)(=O)Cc2ccccc2)CC1. The maximum Gasteiger partial charge on any atom is 0.236 e. The van der Waals surface area contributed by atoms with Crippen LogP contribution in [0, 0.1) is 0 Å². The van der Waals surface area contributed by atoms with Crippen molar-refractivity contribution in [3.05, 3.63) is 71.3 Å². The zero-order valence-corrected chi connectivity index (χ0v) is 17.4. The number of piperazine rings is 1. The van der Waals surface area contributed by atoms with E-state index in [-0.39, 0.29) is 11.7 Å². The zero-order chi connectivity index (χ0) is 20.3. The molecule has 0 saturated carbocycles. The minimum absolute atomic E-state index is 0.00890. The van der Waals surface area contributed by atoms with E-state index in [2.05, 4.69) is 23.1 Å². The molecule has 0 unspecified atom stereocenters. The molecule has 4 rings (SSSR count). The van der Waals surface area contributed by atoms with Gasteiger partial charge < -0.3 is 4.90 Å².